The summed E-state index contributed by atoms with van der Waals surface area (Å²) in [5.74, 6) is -0.0430. The zero-order valence-electron chi connectivity index (χ0n) is 18.1. The number of carbonyl (C=O) groups is 1. The molecule has 2 aromatic carbocycles. The van der Waals surface area contributed by atoms with E-state index in [1.54, 1.807) is 4.90 Å². The van der Waals surface area contributed by atoms with Crippen LogP contribution in [0.5, 0.6) is 0 Å². The van der Waals surface area contributed by atoms with E-state index in [4.69, 9.17) is 23.2 Å². The largest absolute Gasteiger partial charge is 0.417 e. The fourth-order valence-electron chi connectivity index (χ4n) is 4.57. The van der Waals surface area contributed by atoms with E-state index in [0.29, 0.717) is 19.0 Å². The van der Waals surface area contributed by atoms with E-state index in [-0.39, 0.29) is 11.5 Å². The first-order valence-electron chi connectivity index (χ1n) is 11.0. The molecule has 1 unspecified atom stereocenters. The van der Waals surface area contributed by atoms with Gasteiger partial charge in [-0.25, -0.2) is 0 Å². The van der Waals surface area contributed by atoms with Crippen molar-refractivity contribution in [2.24, 2.45) is 5.92 Å². The number of carbonyl (C=O) groups excluding carboxylic acids is 1. The van der Waals surface area contributed by atoms with E-state index in [1.165, 1.54) is 11.6 Å². The lowest BCUT2D eigenvalue weighted by molar-refractivity contribution is -0.137. The molecule has 0 saturated carbocycles. The van der Waals surface area contributed by atoms with Gasteiger partial charge in [0.25, 0.3) is 5.91 Å². The van der Waals surface area contributed by atoms with Crippen LogP contribution >= 0.6 is 23.2 Å². The number of hydrogen-bond donors (Lipinski definition) is 0. The molecule has 2 aromatic rings. The summed E-state index contributed by atoms with van der Waals surface area (Å²) in [6, 6.07) is 11.3. The zero-order valence-corrected chi connectivity index (χ0v) is 19.6. The third kappa shape index (κ3) is 6.21. The summed E-state index contributed by atoms with van der Waals surface area (Å²) in [5.41, 5.74) is 0.305. The van der Waals surface area contributed by atoms with Crippen LogP contribution in [-0.4, -0.2) is 66.4 Å². The van der Waals surface area contributed by atoms with Gasteiger partial charge in [0.15, 0.2) is 0 Å². The molecule has 2 saturated heterocycles. The Balaban J connectivity index is 1.26. The van der Waals surface area contributed by atoms with Crippen LogP contribution in [0.4, 0.5) is 13.2 Å². The molecule has 4 nitrogen and oxygen atoms in total. The fourth-order valence-corrected chi connectivity index (χ4v) is 4.92. The number of rotatable bonds is 5. The smallest absolute Gasteiger partial charge is 0.338 e. The highest BCUT2D eigenvalue weighted by Gasteiger charge is 2.35. The summed E-state index contributed by atoms with van der Waals surface area (Å²) in [6.07, 6.45) is -3.73. The molecule has 178 valence electrons. The van der Waals surface area contributed by atoms with Crippen LogP contribution in [0.2, 0.25) is 10.0 Å². The van der Waals surface area contributed by atoms with E-state index in [1.807, 2.05) is 12.1 Å². The summed E-state index contributed by atoms with van der Waals surface area (Å²) in [7, 11) is 0. The zero-order chi connectivity index (χ0) is 23.6. The molecular weight excluding hydrogens is 474 g/mol. The van der Waals surface area contributed by atoms with E-state index in [2.05, 4.69) is 21.9 Å². The summed E-state index contributed by atoms with van der Waals surface area (Å²) in [5, 5.41) is 0.345. The lowest BCUT2D eigenvalue weighted by Gasteiger charge is -2.36. The number of hydrogen-bond acceptors (Lipinski definition) is 3. The second-order valence-corrected chi connectivity index (χ2v) is 9.65. The van der Waals surface area contributed by atoms with Crippen molar-refractivity contribution in [1.82, 2.24) is 14.7 Å². The molecule has 2 fully saturated rings. The number of likely N-dealkylation sites (tertiary alicyclic amines) is 1. The first-order valence-corrected chi connectivity index (χ1v) is 11.8. The molecule has 0 aliphatic carbocycles. The van der Waals surface area contributed by atoms with Gasteiger partial charge in [0.05, 0.1) is 10.6 Å². The van der Waals surface area contributed by atoms with Crippen molar-refractivity contribution in [2.75, 3.05) is 45.8 Å². The summed E-state index contributed by atoms with van der Waals surface area (Å²) < 4.78 is 39.4. The third-order valence-electron chi connectivity index (χ3n) is 6.39. The van der Waals surface area contributed by atoms with Gasteiger partial charge in [0.1, 0.15) is 0 Å². The first kappa shape index (κ1) is 24.3. The summed E-state index contributed by atoms with van der Waals surface area (Å²) in [6.45, 7) is 6.79. The number of piperazine rings is 1. The number of amides is 1. The quantitative estimate of drug-likeness (QED) is 0.558. The predicted octanol–water partition coefficient (Wildman–Crippen LogP) is 5.29. The molecule has 0 N–H and O–H groups in total. The molecule has 1 atom stereocenters. The molecule has 1 amide bonds. The Morgan fingerprint density at radius 2 is 1.61 bits per heavy atom. The van der Waals surface area contributed by atoms with Gasteiger partial charge in [-0.3, -0.25) is 9.69 Å². The summed E-state index contributed by atoms with van der Waals surface area (Å²) >= 11 is 11.6. The molecule has 4 rings (SSSR count). The average Bonchev–Trinajstić information content (AvgIpc) is 3.24. The van der Waals surface area contributed by atoms with Crippen molar-refractivity contribution in [3.8, 4) is 0 Å². The maximum Gasteiger partial charge on any atom is 0.417 e. The van der Waals surface area contributed by atoms with Gasteiger partial charge >= 0.3 is 6.18 Å². The number of nitrogens with zero attached hydrogens (tertiary/aromatic N) is 3. The molecule has 2 heterocycles. The van der Waals surface area contributed by atoms with E-state index < -0.39 is 16.8 Å². The number of benzene rings is 2. The lowest BCUT2D eigenvalue weighted by Crippen LogP contribution is -2.47. The monoisotopic (exact) mass is 499 g/mol. The van der Waals surface area contributed by atoms with Crippen LogP contribution in [0.25, 0.3) is 0 Å². The number of alkyl halides is 3. The molecule has 0 radical (unpaired) electrons. The SMILES string of the molecule is O=C(c1ccc(Cl)c(C(F)(F)F)c1)N1CCC(CN2CCN(Cc3ccc(Cl)cc3)CC2)C1. The minimum atomic E-state index is -4.59. The van der Waals surface area contributed by atoms with Crippen molar-refractivity contribution >= 4 is 29.1 Å². The van der Waals surface area contributed by atoms with Crippen molar-refractivity contribution in [2.45, 2.75) is 19.1 Å². The molecule has 2 aliphatic heterocycles. The summed E-state index contributed by atoms with van der Waals surface area (Å²) in [4.78, 5) is 19.3. The van der Waals surface area contributed by atoms with Gasteiger partial charge in [-0.2, -0.15) is 13.2 Å². The van der Waals surface area contributed by atoms with Gasteiger partial charge in [0, 0.05) is 62.9 Å². The predicted molar refractivity (Wildman–Crippen MR) is 124 cm³/mol. The van der Waals surface area contributed by atoms with E-state index in [0.717, 1.165) is 62.8 Å². The Kier molecular flexibility index (Phi) is 7.53. The van der Waals surface area contributed by atoms with Crippen LogP contribution in [-0.2, 0) is 12.7 Å². The topological polar surface area (TPSA) is 26.8 Å². The van der Waals surface area contributed by atoms with Crippen molar-refractivity contribution in [3.63, 3.8) is 0 Å². The molecule has 0 spiro atoms. The normalized spacial score (nSPS) is 20.4. The van der Waals surface area contributed by atoms with Crippen LogP contribution in [0, 0.1) is 5.92 Å². The Morgan fingerprint density at radius 1 is 0.939 bits per heavy atom. The maximum atomic E-state index is 13.1. The van der Waals surface area contributed by atoms with Crippen LogP contribution in [0.15, 0.2) is 42.5 Å². The van der Waals surface area contributed by atoms with Gasteiger partial charge < -0.3 is 9.80 Å². The van der Waals surface area contributed by atoms with E-state index in [9.17, 15) is 18.0 Å². The first-order chi connectivity index (χ1) is 15.7. The Labute approximate surface area is 201 Å². The van der Waals surface area contributed by atoms with Crippen LogP contribution in [0.1, 0.15) is 27.9 Å². The minimum absolute atomic E-state index is 0.0307. The van der Waals surface area contributed by atoms with Gasteiger partial charge in [-0.1, -0.05) is 35.3 Å². The van der Waals surface area contributed by atoms with Gasteiger partial charge in [0.2, 0.25) is 0 Å². The molecule has 33 heavy (non-hydrogen) atoms. The third-order valence-corrected chi connectivity index (χ3v) is 6.97. The fraction of sp³-hybridized carbons (Fsp3) is 0.458. The Morgan fingerprint density at radius 3 is 2.27 bits per heavy atom. The van der Waals surface area contributed by atoms with Gasteiger partial charge in [-0.05, 0) is 48.2 Å². The highest BCUT2D eigenvalue weighted by Crippen LogP contribution is 2.35. The van der Waals surface area contributed by atoms with Crippen molar-refractivity contribution in [1.29, 1.82) is 0 Å². The van der Waals surface area contributed by atoms with Gasteiger partial charge in [-0.15, -0.1) is 0 Å². The molecule has 2 aliphatic rings. The van der Waals surface area contributed by atoms with Crippen molar-refractivity contribution < 1.29 is 18.0 Å². The molecule has 0 aromatic heterocycles. The maximum absolute atomic E-state index is 13.1. The van der Waals surface area contributed by atoms with Crippen LogP contribution < -0.4 is 0 Å². The minimum Gasteiger partial charge on any atom is -0.338 e. The second kappa shape index (κ2) is 10.2. The standard InChI is InChI=1S/C24H26Cl2F3N3O/c25-20-4-1-17(2-5-20)14-30-9-11-31(12-10-30)15-18-7-8-32(16-18)23(33)19-3-6-22(26)21(13-19)24(27,28)29/h1-6,13,18H,7-12,14-16H2. The second-order valence-electron chi connectivity index (χ2n) is 8.80. The highest BCUT2D eigenvalue weighted by molar-refractivity contribution is 6.31. The molecule has 9 heteroatoms. The lowest BCUT2D eigenvalue weighted by atomic mass is 10.1. The Hall–Kier alpha value is -1.80. The average molecular weight is 500 g/mol. The van der Waals surface area contributed by atoms with Crippen molar-refractivity contribution in [3.05, 3.63) is 69.2 Å². The molecule has 0 bridgehead atoms. The number of halogens is 5. The highest BCUT2D eigenvalue weighted by atomic mass is 35.5. The Bertz CT molecular complexity index is 976. The van der Waals surface area contributed by atoms with Crippen LogP contribution in [0.3, 0.4) is 0 Å². The molecular formula is C24H26Cl2F3N3O. The van der Waals surface area contributed by atoms with E-state index >= 15 is 0 Å².